The molecule has 2 aromatic rings. The first-order chi connectivity index (χ1) is 13.4. The third kappa shape index (κ3) is 3.62. The molecule has 2 aliphatic rings. The van der Waals surface area contributed by atoms with Crippen LogP contribution < -0.4 is 9.64 Å². The maximum absolute atomic E-state index is 13.2. The van der Waals surface area contributed by atoms with Crippen LogP contribution in [0, 0.1) is 5.82 Å². The summed E-state index contributed by atoms with van der Waals surface area (Å²) < 4.78 is 43.2. The highest BCUT2D eigenvalue weighted by Gasteiger charge is 2.49. The van der Waals surface area contributed by atoms with Gasteiger partial charge >= 0.3 is 0 Å². The maximum atomic E-state index is 13.2. The van der Waals surface area contributed by atoms with Gasteiger partial charge in [0, 0.05) is 24.3 Å². The molecule has 2 aromatic carbocycles. The normalized spacial score (nSPS) is 24.2. The number of hydrogen-bond acceptors (Lipinski definition) is 5. The minimum Gasteiger partial charge on any atom is -0.497 e. The third-order valence-electron chi connectivity index (χ3n) is 5.33. The number of hydrogen-bond donors (Lipinski definition) is 0. The van der Waals surface area contributed by atoms with Gasteiger partial charge in [0.05, 0.1) is 31.2 Å². The average Bonchev–Trinajstić information content (AvgIpc) is 2.99. The molecule has 0 aliphatic carbocycles. The number of sulfone groups is 1. The minimum atomic E-state index is -3.27. The summed E-state index contributed by atoms with van der Waals surface area (Å²) in [5.41, 5.74) is 1.48. The van der Waals surface area contributed by atoms with Gasteiger partial charge in [0.25, 0.3) is 0 Å². The SMILES string of the molecule is COc1cccc(N2C(=O)CN(Cc3ccc(F)cc3)C3CS(=O)(=O)CC32)c1. The Morgan fingerprint density at radius 2 is 1.82 bits per heavy atom. The van der Waals surface area contributed by atoms with Crippen molar-refractivity contribution in [1.82, 2.24) is 4.90 Å². The van der Waals surface area contributed by atoms with Crippen LogP contribution in [0.15, 0.2) is 48.5 Å². The molecule has 8 heteroatoms. The number of rotatable bonds is 4. The fourth-order valence-corrected chi connectivity index (χ4v) is 6.03. The highest BCUT2D eigenvalue weighted by Crippen LogP contribution is 2.33. The number of methoxy groups -OCH3 is 1. The largest absolute Gasteiger partial charge is 0.497 e. The van der Waals surface area contributed by atoms with Crippen LogP contribution in [0.25, 0.3) is 0 Å². The first kappa shape index (κ1) is 18.9. The van der Waals surface area contributed by atoms with Gasteiger partial charge in [-0.2, -0.15) is 0 Å². The predicted molar refractivity (Wildman–Crippen MR) is 104 cm³/mol. The molecule has 2 atom stereocenters. The fourth-order valence-electron chi connectivity index (χ4n) is 4.05. The van der Waals surface area contributed by atoms with Crippen molar-refractivity contribution in [2.24, 2.45) is 0 Å². The van der Waals surface area contributed by atoms with Crippen LogP contribution in [0.2, 0.25) is 0 Å². The van der Waals surface area contributed by atoms with Crippen molar-refractivity contribution < 1.29 is 22.3 Å². The van der Waals surface area contributed by atoms with Crippen molar-refractivity contribution in [2.45, 2.75) is 18.6 Å². The van der Waals surface area contributed by atoms with Gasteiger partial charge in [-0.3, -0.25) is 9.69 Å². The van der Waals surface area contributed by atoms with E-state index in [-0.39, 0.29) is 35.8 Å². The van der Waals surface area contributed by atoms with E-state index in [4.69, 9.17) is 4.74 Å². The predicted octanol–water partition coefficient (Wildman–Crippen LogP) is 1.85. The van der Waals surface area contributed by atoms with E-state index in [0.717, 1.165) is 5.56 Å². The Morgan fingerprint density at radius 1 is 1.11 bits per heavy atom. The second-order valence-electron chi connectivity index (χ2n) is 7.21. The van der Waals surface area contributed by atoms with Gasteiger partial charge in [-0.1, -0.05) is 18.2 Å². The summed E-state index contributed by atoms with van der Waals surface area (Å²) in [5.74, 6) is 0.0572. The van der Waals surface area contributed by atoms with Gasteiger partial charge in [-0.25, -0.2) is 12.8 Å². The summed E-state index contributed by atoms with van der Waals surface area (Å²) in [5, 5.41) is 0. The van der Waals surface area contributed by atoms with E-state index in [2.05, 4.69) is 0 Å². The summed E-state index contributed by atoms with van der Waals surface area (Å²) >= 11 is 0. The number of ether oxygens (including phenoxy) is 1. The zero-order valence-corrected chi connectivity index (χ0v) is 16.2. The van der Waals surface area contributed by atoms with Gasteiger partial charge in [0.1, 0.15) is 11.6 Å². The topological polar surface area (TPSA) is 66.9 Å². The van der Waals surface area contributed by atoms with E-state index in [1.807, 2.05) is 4.90 Å². The third-order valence-corrected chi connectivity index (χ3v) is 7.03. The second kappa shape index (κ2) is 7.18. The number of carbonyl (C=O) groups excluding carboxylic acids is 1. The Morgan fingerprint density at radius 3 is 2.54 bits per heavy atom. The summed E-state index contributed by atoms with van der Waals surface area (Å²) in [6.45, 7) is 0.500. The minimum absolute atomic E-state index is 0.00656. The van der Waals surface area contributed by atoms with Crippen molar-refractivity contribution in [1.29, 1.82) is 0 Å². The first-order valence-electron chi connectivity index (χ1n) is 9.01. The van der Waals surface area contributed by atoms with Crippen LogP contribution in [0.4, 0.5) is 10.1 Å². The lowest BCUT2D eigenvalue weighted by molar-refractivity contribution is -0.123. The van der Waals surface area contributed by atoms with E-state index in [9.17, 15) is 17.6 Å². The molecule has 28 heavy (non-hydrogen) atoms. The van der Waals surface area contributed by atoms with Crippen LogP contribution in [-0.2, 0) is 21.2 Å². The highest BCUT2D eigenvalue weighted by molar-refractivity contribution is 7.91. The van der Waals surface area contributed by atoms with Crippen molar-refractivity contribution in [3.05, 3.63) is 59.9 Å². The lowest BCUT2D eigenvalue weighted by atomic mass is 10.0. The van der Waals surface area contributed by atoms with Crippen LogP contribution >= 0.6 is 0 Å². The summed E-state index contributed by atoms with van der Waals surface area (Å²) in [6, 6.07) is 12.4. The molecule has 0 spiro atoms. The summed E-state index contributed by atoms with van der Waals surface area (Å²) in [7, 11) is -1.72. The Balaban J connectivity index is 1.66. The van der Waals surface area contributed by atoms with Gasteiger partial charge in [-0.05, 0) is 29.8 Å². The van der Waals surface area contributed by atoms with Gasteiger partial charge in [0.2, 0.25) is 5.91 Å². The zero-order chi connectivity index (χ0) is 19.9. The number of amides is 1. The average molecular weight is 404 g/mol. The van der Waals surface area contributed by atoms with E-state index < -0.39 is 15.9 Å². The molecule has 2 heterocycles. The van der Waals surface area contributed by atoms with Gasteiger partial charge < -0.3 is 9.64 Å². The number of nitrogens with zero attached hydrogens (tertiary/aromatic N) is 2. The molecular weight excluding hydrogens is 383 g/mol. The monoisotopic (exact) mass is 404 g/mol. The molecule has 0 bridgehead atoms. The molecule has 2 aliphatic heterocycles. The maximum Gasteiger partial charge on any atom is 0.241 e. The number of halogens is 1. The first-order valence-corrected chi connectivity index (χ1v) is 10.8. The Kier molecular flexibility index (Phi) is 4.84. The molecule has 2 unspecified atom stereocenters. The number of fused-ring (bicyclic) bond motifs is 1. The lowest BCUT2D eigenvalue weighted by Gasteiger charge is -2.43. The fraction of sp³-hybridized carbons (Fsp3) is 0.350. The summed E-state index contributed by atoms with van der Waals surface area (Å²) in [4.78, 5) is 16.5. The van der Waals surface area contributed by atoms with Gasteiger partial charge in [-0.15, -0.1) is 0 Å². The van der Waals surface area contributed by atoms with Crippen molar-refractivity contribution in [3.8, 4) is 5.75 Å². The van der Waals surface area contributed by atoms with Crippen molar-refractivity contribution in [3.63, 3.8) is 0 Å². The van der Waals surface area contributed by atoms with E-state index in [1.165, 1.54) is 12.1 Å². The molecule has 148 valence electrons. The second-order valence-corrected chi connectivity index (χ2v) is 9.36. The Bertz CT molecular complexity index is 994. The standard InChI is InChI=1S/C20H21FN2O4S/c1-27-17-4-2-3-16(9-17)23-19-13-28(25,26)12-18(19)22(11-20(23)24)10-14-5-7-15(21)8-6-14/h2-9,18-19H,10-13H2,1H3. The van der Waals surface area contributed by atoms with E-state index >= 15 is 0 Å². The number of piperazine rings is 1. The molecule has 0 N–H and O–H groups in total. The number of benzene rings is 2. The van der Waals surface area contributed by atoms with E-state index in [1.54, 1.807) is 48.4 Å². The number of carbonyl (C=O) groups is 1. The van der Waals surface area contributed by atoms with Crippen LogP contribution in [0.1, 0.15) is 5.56 Å². The van der Waals surface area contributed by atoms with E-state index in [0.29, 0.717) is 18.0 Å². The summed E-state index contributed by atoms with van der Waals surface area (Å²) in [6.07, 6.45) is 0. The lowest BCUT2D eigenvalue weighted by Crippen LogP contribution is -2.61. The molecule has 4 rings (SSSR count). The van der Waals surface area contributed by atoms with Gasteiger partial charge in [0.15, 0.2) is 9.84 Å². The Labute approximate surface area is 163 Å². The molecule has 2 saturated heterocycles. The molecule has 0 radical (unpaired) electrons. The zero-order valence-electron chi connectivity index (χ0n) is 15.4. The molecular formula is C20H21FN2O4S. The van der Waals surface area contributed by atoms with Crippen molar-refractivity contribution >= 4 is 21.4 Å². The molecule has 6 nitrogen and oxygen atoms in total. The molecule has 0 aromatic heterocycles. The van der Waals surface area contributed by atoms with Crippen molar-refractivity contribution in [2.75, 3.05) is 30.1 Å². The molecule has 2 fully saturated rings. The highest BCUT2D eigenvalue weighted by atomic mass is 32.2. The smallest absolute Gasteiger partial charge is 0.241 e. The van der Waals surface area contributed by atoms with Crippen LogP contribution in [0.5, 0.6) is 5.75 Å². The number of anilines is 1. The quantitative estimate of drug-likeness (QED) is 0.778. The molecule has 0 saturated carbocycles. The van der Waals surface area contributed by atoms with Crippen LogP contribution in [0.3, 0.4) is 0 Å². The van der Waals surface area contributed by atoms with Crippen LogP contribution in [-0.4, -0.2) is 56.5 Å². The Hall–Kier alpha value is -2.45. The molecule has 1 amide bonds.